The molecular formula is C16H18N4O2S. The third-order valence-corrected chi connectivity index (χ3v) is 4.75. The number of piperidine rings is 1. The predicted octanol–water partition coefficient (Wildman–Crippen LogP) is 2.92. The molecule has 0 bridgehead atoms. The van der Waals surface area contributed by atoms with Crippen LogP contribution in [0, 0.1) is 13.8 Å². The Morgan fingerprint density at radius 3 is 2.78 bits per heavy atom. The number of rotatable bonds is 3. The summed E-state index contributed by atoms with van der Waals surface area (Å²) < 4.78 is 3.77. The Balaban J connectivity index is 1.78. The Morgan fingerprint density at radius 1 is 1.30 bits per heavy atom. The highest BCUT2D eigenvalue weighted by Crippen LogP contribution is 2.27. The smallest absolute Gasteiger partial charge is 0.269 e. The lowest BCUT2D eigenvalue weighted by Gasteiger charge is -2.28. The van der Waals surface area contributed by atoms with Crippen molar-refractivity contribution in [3.05, 3.63) is 34.3 Å². The summed E-state index contributed by atoms with van der Waals surface area (Å²) in [6.07, 6.45) is 2.60. The van der Waals surface area contributed by atoms with Crippen LogP contribution in [0.15, 0.2) is 18.2 Å². The van der Waals surface area contributed by atoms with Gasteiger partial charge in [-0.05, 0) is 62.0 Å². The Bertz CT molecular complexity index is 756. The zero-order valence-corrected chi connectivity index (χ0v) is 13.9. The van der Waals surface area contributed by atoms with Gasteiger partial charge in [-0.1, -0.05) is 4.49 Å². The lowest BCUT2D eigenvalue weighted by molar-refractivity contribution is -0.119. The number of anilines is 2. The minimum atomic E-state index is -0.210. The van der Waals surface area contributed by atoms with E-state index in [1.165, 1.54) is 0 Å². The van der Waals surface area contributed by atoms with Gasteiger partial charge in [-0.15, -0.1) is 5.10 Å². The molecule has 0 aliphatic carbocycles. The fourth-order valence-corrected chi connectivity index (χ4v) is 3.28. The largest absolute Gasteiger partial charge is 0.321 e. The number of amides is 2. The fraction of sp³-hybridized carbons (Fsp3) is 0.375. The molecule has 3 rings (SSSR count). The van der Waals surface area contributed by atoms with E-state index in [4.69, 9.17) is 0 Å². The number of nitrogens with one attached hydrogen (secondary N) is 1. The van der Waals surface area contributed by atoms with Gasteiger partial charge in [-0.25, -0.2) is 0 Å². The molecule has 1 fully saturated rings. The Kier molecular flexibility index (Phi) is 4.38. The lowest BCUT2D eigenvalue weighted by atomic mass is 10.1. The van der Waals surface area contributed by atoms with Crippen molar-refractivity contribution in [2.45, 2.75) is 33.1 Å². The van der Waals surface area contributed by atoms with E-state index in [0.29, 0.717) is 22.7 Å². The van der Waals surface area contributed by atoms with Gasteiger partial charge >= 0.3 is 0 Å². The van der Waals surface area contributed by atoms with Gasteiger partial charge in [0.1, 0.15) is 4.88 Å². The summed E-state index contributed by atoms with van der Waals surface area (Å²) in [4.78, 5) is 26.6. The molecule has 1 N–H and O–H groups in total. The van der Waals surface area contributed by atoms with Crippen LogP contribution in [0.3, 0.4) is 0 Å². The first-order chi connectivity index (χ1) is 11.1. The number of aromatic nitrogens is 2. The second-order valence-electron chi connectivity index (χ2n) is 5.65. The van der Waals surface area contributed by atoms with E-state index in [9.17, 15) is 9.59 Å². The van der Waals surface area contributed by atoms with Gasteiger partial charge in [0.15, 0.2) is 0 Å². The number of aryl methyl sites for hydroxylation is 2. The number of hydrogen-bond acceptors (Lipinski definition) is 5. The standard InChI is InChI=1S/C16H18N4O2S/c1-10-9-12(17-16(22)15-11(2)18-19-23-15)6-7-13(10)20-8-4-3-5-14(20)21/h6-7,9H,3-5,8H2,1-2H3,(H,17,22). The van der Waals surface area contributed by atoms with Crippen molar-refractivity contribution in [3.8, 4) is 0 Å². The summed E-state index contributed by atoms with van der Waals surface area (Å²) in [5.74, 6) is -0.0406. The Morgan fingerprint density at radius 2 is 2.13 bits per heavy atom. The van der Waals surface area contributed by atoms with Crippen LogP contribution in [0.2, 0.25) is 0 Å². The summed E-state index contributed by atoms with van der Waals surface area (Å²) in [5.41, 5.74) is 3.22. The van der Waals surface area contributed by atoms with E-state index in [1.54, 1.807) is 6.92 Å². The van der Waals surface area contributed by atoms with E-state index >= 15 is 0 Å². The van der Waals surface area contributed by atoms with Crippen LogP contribution >= 0.6 is 11.5 Å². The number of hydrogen-bond donors (Lipinski definition) is 1. The van der Waals surface area contributed by atoms with Crippen molar-refractivity contribution in [2.75, 3.05) is 16.8 Å². The Hall–Kier alpha value is -2.28. The van der Waals surface area contributed by atoms with Crippen molar-refractivity contribution in [1.29, 1.82) is 0 Å². The van der Waals surface area contributed by atoms with E-state index in [-0.39, 0.29) is 11.8 Å². The van der Waals surface area contributed by atoms with E-state index in [2.05, 4.69) is 14.9 Å². The molecule has 0 spiro atoms. The molecule has 0 unspecified atom stereocenters. The van der Waals surface area contributed by atoms with Gasteiger partial charge in [-0.3, -0.25) is 9.59 Å². The molecule has 1 aromatic heterocycles. The van der Waals surface area contributed by atoms with Crippen molar-refractivity contribution in [1.82, 2.24) is 9.59 Å². The third-order valence-electron chi connectivity index (χ3n) is 3.93. The van der Waals surface area contributed by atoms with Crippen LogP contribution in [-0.2, 0) is 4.79 Å². The highest BCUT2D eigenvalue weighted by atomic mass is 32.1. The van der Waals surface area contributed by atoms with Gasteiger partial charge < -0.3 is 10.2 Å². The second-order valence-corrected chi connectivity index (χ2v) is 6.40. The maximum atomic E-state index is 12.2. The molecule has 2 heterocycles. The summed E-state index contributed by atoms with van der Waals surface area (Å²) >= 11 is 1.08. The number of carbonyl (C=O) groups is 2. The quantitative estimate of drug-likeness (QED) is 0.939. The molecule has 23 heavy (non-hydrogen) atoms. The molecule has 2 amide bonds. The van der Waals surface area contributed by atoms with Crippen LogP contribution in [0.1, 0.15) is 40.2 Å². The highest BCUT2D eigenvalue weighted by Gasteiger charge is 2.21. The first kappa shape index (κ1) is 15.6. The van der Waals surface area contributed by atoms with Gasteiger partial charge in [0, 0.05) is 24.3 Å². The van der Waals surface area contributed by atoms with Crippen LogP contribution in [0.5, 0.6) is 0 Å². The van der Waals surface area contributed by atoms with Crippen molar-refractivity contribution < 1.29 is 9.59 Å². The molecule has 7 heteroatoms. The summed E-state index contributed by atoms with van der Waals surface area (Å²) in [6, 6.07) is 5.61. The third kappa shape index (κ3) is 3.24. The summed E-state index contributed by atoms with van der Waals surface area (Å²) in [6.45, 7) is 4.47. The Labute approximate surface area is 138 Å². The summed E-state index contributed by atoms with van der Waals surface area (Å²) in [7, 11) is 0. The first-order valence-corrected chi connectivity index (χ1v) is 8.35. The average Bonchev–Trinajstić information content (AvgIpc) is 2.95. The SMILES string of the molecule is Cc1cc(NC(=O)c2snnc2C)ccc1N1CCCCC1=O. The molecule has 1 saturated heterocycles. The maximum absolute atomic E-state index is 12.2. The maximum Gasteiger partial charge on any atom is 0.269 e. The minimum absolute atomic E-state index is 0.169. The predicted molar refractivity (Wildman–Crippen MR) is 90.0 cm³/mol. The monoisotopic (exact) mass is 330 g/mol. The van der Waals surface area contributed by atoms with Crippen LogP contribution in [0.4, 0.5) is 11.4 Å². The van der Waals surface area contributed by atoms with E-state index in [1.807, 2.05) is 30.0 Å². The molecule has 2 aromatic rings. The molecule has 1 aliphatic heterocycles. The minimum Gasteiger partial charge on any atom is -0.321 e. The molecule has 120 valence electrons. The van der Waals surface area contributed by atoms with Gasteiger partial charge in [-0.2, -0.15) is 0 Å². The molecule has 0 atom stereocenters. The van der Waals surface area contributed by atoms with Crippen molar-refractivity contribution >= 4 is 34.7 Å². The molecular weight excluding hydrogens is 312 g/mol. The highest BCUT2D eigenvalue weighted by molar-refractivity contribution is 7.08. The molecule has 0 saturated carbocycles. The van der Waals surface area contributed by atoms with Crippen LogP contribution in [-0.4, -0.2) is 27.9 Å². The molecule has 1 aromatic carbocycles. The number of benzene rings is 1. The van der Waals surface area contributed by atoms with Crippen LogP contribution in [0.25, 0.3) is 0 Å². The van der Waals surface area contributed by atoms with E-state index < -0.39 is 0 Å². The lowest BCUT2D eigenvalue weighted by Crippen LogP contribution is -2.35. The first-order valence-electron chi connectivity index (χ1n) is 7.57. The fourth-order valence-electron chi connectivity index (χ4n) is 2.72. The molecule has 1 aliphatic rings. The van der Waals surface area contributed by atoms with Gasteiger partial charge in [0.2, 0.25) is 5.91 Å². The summed E-state index contributed by atoms with van der Waals surface area (Å²) in [5, 5.41) is 6.70. The normalized spacial score (nSPS) is 14.9. The second kappa shape index (κ2) is 6.45. The molecule has 6 nitrogen and oxygen atoms in total. The zero-order chi connectivity index (χ0) is 16.4. The van der Waals surface area contributed by atoms with Gasteiger partial charge in [0.05, 0.1) is 5.69 Å². The van der Waals surface area contributed by atoms with Crippen molar-refractivity contribution in [3.63, 3.8) is 0 Å². The van der Waals surface area contributed by atoms with Crippen LogP contribution < -0.4 is 10.2 Å². The van der Waals surface area contributed by atoms with E-state index in [0.717, 1.165) is 42.2 Å². The van der Waals surface area contributed by atoms with Gasteiger partial charge in [0.25, 0.3) is 5.91 Å². The van der Waals surface area contributed by atoms with Crippen molar-refractivity contribution in [2.24, 2.45) is 0 Å². The molecule has 0 radical (unpaired) electrons. The topological polar surface area (TPSA) is 75.2 Å². The number of nitrogens with zero attached hydrogens (tertiary/aromatic N) is 3. The zero-order valence-electron chi connectivity index (χ0n) is 13.1. The average molecular weight is 330 g/mol. The number of carbonyl (C=O) groups excluding carboxylic acids is 2.